The SMILES string of the molecule is C=COC(=O)NC1C(O)OC(COC(=O)OC=C)C(O)C1O. The lowest BCUT2D eigenvalue weighted by Crippen LogP contribution is -2.64. The zero-order valence-electron chi connectivity index (χ0n) is 11.5. The van der Waals surface area contributed by atoms with Gasteiger partial charge in [0, 0.05) is 0 Å². The third kappa shape index (κ3) is 4.70. The molecule has 5 unspecified atom stereocenters. The van der Waals surface area contributed by atoms with Gasteiger partial charge in [0.25, 0.3) is 0 Å². The maximum atomic E-state index is 11.2. The van der Waals surface area contributed by atoms with Gasteiger partial charge >= 0.3 is 12.2 Å². The Kier molecular flexibility index (Phi) is 6.79. The van der Waals surface area contributed by atoms with Crippen molar-refractivity contribution < 1.29 is 43.9 Å². The highest BCUT2D eigenvalue weighted by molar-refractivity contribution is 5.68. The number of carbonyl (C=O) groups excluding carboxylic acids is 2. The average molecular weight is 319 g/mol. The van der Waals surface area contributed by atoms with Crippen molar-refractivity contribution in [3.63, 3.8) is 0 Å². The Hall–Kier alpha value is -2.14. The van der Waals surface area contributed by atoms with Crippen molar-refractivity contribution in [3.05, 3.63) is 25.7 Å². The van der Waals surface area contributed by atoms with Gasteiger partial charge in [-0.25, -0.2) is 9.59 Å². The summed E-state index contributed by atoms with van der Waals surface area (Å²) in [6.07, 6.45) is -6.44. The number of hydrogen-bond donors (Lipinski definition) is 4. The van der Waals surface area contributed by atoms with Crippen LogP contribution in [-0.2, 0) is 18.9 Å². The molecule has 0 radical (unpaired) electrons. The molecule has 1 heterocycles. The van der Waals surface area contributed by atoms with Crippen LogP contribution in [0.4, 0.5) is 9.59 Å². The van der Waals surface area contributed by atoms with Gasteiger partial charge in [0.15, 0.2) is 6.29 Å². The lowest BCUT2D eigenvalue weighted by atomic mass is 9.97. The summed E-state index contributed by atoms with van der Waals surface area (Å²) in [6, 6.07) is -1.35. The summed E-state index contributed by atoms with van der Waals surface area (Å²) in [7, 11) is 0. The molecular formula is C12H17NO9. The van der Waals surface area contributed by atoms with E-state index in [9.17, 15) is 24.9 Å². The van der Waals surface area contributed by atoms with Crippen LogP contribution in [0.15, 0.2) is 25.7 Å². The zero-order chi connectivity index (χ0) is 16.7. The summed E-state index contributed by atoms with van der Waals surface area (Å²) in [5.41, 5.74) is 0. The van der Waals surface area contributed by atoms with Gasteiger partial charge in [-0.05, 0) is 0 Å². The monoisotopic (exact) mass is 319 g/mol. The highest BCUT2D eigenvalue weighted by Gasteiger charge is 2.45. The number of carbonyl (C=O) groups is 2. The first-order valence-electron chi connectivity index (χ1n) is 6.12. The van der Waals surface area contributed by atoms with E-state index in [2.05, 4.69) is 32.7 Å². The second kappa shape index (κ2) is 8.34. The van der Waals surface area contributed by atoms with Crippen molar-refractivity contribution in [2.24, 2.45) is 0 Å². The molecule has 0 aliphatic carbocycles. The Labute approximate surface area is 125 Å². The van der Waals surface area contributed by atoms with Crippen LogP contribution in [0.3, 0.4) is 0 Å². The summed E-state index contributed by atoms with van der Waals surface area (Å²) in [6.45, 7) is 5.81. The van der Waals surface area contributed by atoms with E-state index >= 15 is 0 Å². The molecule has 1 saturated heterocycles. The van der Waals surface area contributed by atoms with E-state index in [1.807, 2.05) is 0 Å². The van der Waals surface area contributed by atoms with Gasteiger partial charge in [-0.3, -0.25) is 0 Å². The van der Waals surface area contributed by atoms with E-state index in [4.69, 9.17) is 4.74 Å². The number of nitrogens with one attached hydrogen (secondary N) is 1. The summed E-state index contributed by atoms with van der Waals surface area (Å²) >= 11 is 0. The Morgan fingerprint density at radius 1 is 1.14 bits per heavy atom. The first kappa shape index (κ1) is 17.9. The minimum absolute atomic E-state index is 0.494. The van der Waals surface area contributed by atoms with E-state index in [0.717, 1.165) is 12.5 Å². The van der Waals surface area contributed by atoms with Gasteiger partial charge in [-0.2, -0.15) is 0 Å². The predicted octanol–water partition coefficient (Wildman–Crippen LogP) is -1.04. The Bertz CT molecular complexity index is 425. The molecule has 1 rings (SSSR count). The van der Waals surface area contributed by atoms with Gasteiger partial charge in [-0.1, -0.05) is 13.2 Å². The molecule has 0 bridgehead atoms. The molecule has 22 heavy (non-hydrogen) atoms. The number of ether oxygens (including phenoxy) is 4. The molecule has 4 N–H and O–H groups in total. The fourth-order valence-corrected chi connectivity index (χ4v) is 1.74. The fraction of sp³-hybridized carbons (Fsp3) is 0.500. The minimum Gasteiger partial charge on any atom is -0.431 e. The van der Waals surface area contributed by atoms with Crippen molar-refractivity contribution in [2.45, 2.75) is 30.6 Å². The summed E-state index contributed by atoms with van der Waals surface area (Å²) < 4.78 is 18.2. The summed E-state index contributed by atoms with van der Waals surface area (Å²) in [5, 5.41) is 31.6. The standard InChI is InChI=1S/C12H17NO9/c1-3-19-11(17)13-7-9(15)8(14)6(22-10(7)16)5-21-12(18)20-4-2/h3-4,6-10,14-16H,1-2,5H2,(H,13,17). The molecule has 1 aliphatic heterocycles. The topological polar surface area (TPSA) is 144 Å². The second-order valence-corrected chi connectivity index (χ2v) is 4.13. The van der Waals surface area contributed by atoms with Crippen LogP contribution in [-0.4, -0.2) is 64.8 Å². The first-order valence-corrected chi connectivity index (χ1v) is 6.12. The zero-order valence-corrected chi connectivity index (χ0v) is 11.5. The number of amides is 1. The van der Waals surface area contributed by atoms with Crippen LogP contribution in [0.2, 0.25) is 0 Å². The fourth-order valence-electron chi connectivity index (χ4n) is 1.74. The third-order valence-electron chi connectivity index (χ3n) is 2.74. The molecular weight excluding hydrogens is 302 g/mol. The minimum atomic E-state index is -1.67. The van der Waals surface area contributed by atoms with Gasteiger partial charge in [0.05, 0.1) is 12.5 Å². The molecule has 1 fully saturated rings. The van der Waals surface area contributed by atoms with E-state index in [1.165, 1.54) is 0 Å². The van der Waals surface area contributed by atoms with E-state index < -0.39 is 49.5 Å². The Morgan fingerprint density at radius 3 is 2.36 bits per heavy atom. The van der Waals surface area contributed by atoms with Crippen LogP contribution < -0.4 is 5.32 Å². The maximum absolute atomic E-state index is 11.2. The van der Waals surface area contributed by atoms with Gasteiger partial charge < -0.3 is 39.6 Å². The maximum Gasteiger partial charge on any atom is 0.513 e. The van der Waals surface area contributed by atoms with Crippen molar-refractivity contribution >= 4 is 12.2 Å². The van der Waals surface area contributed by atoms with Crippen molar-refractivity contribution in [2.75, 3.05) is 6.61 Å². The van der Waals surface area contributed by atoms with Crippen LogP contribution in [0.1, 0.15) is 0 Å². The largest absolute Gasteiger partial charge is 0.513 e. The molecule has 0 spiro atoms. The molecule has 124 valence electrons. The third-order valence-corrected chi connectivity index (χ3v) is 2.74. The van der Waals surface area contributed by atoms with Crippen molar-refractivity contribution in [3.8, 4) is 0 Å². The molecule has 0 aromatic heterocycles. The Balaban J connectivity index is 2.59. The van der Waals surface area contributed by atoms with E-state index in [-0.39, 0.29) is 0 Å². The number of aliphatic hydroxyl groups excluding tert-OH is 3. The lowest BCUT2D eigenvalue weighted by Gasteiger charge is -2.40. The van der Waals surface area contributed by atoms with E-state index in [0.29, 0.717) is 0 Å². The smallest absolute Gasteiger partial charge is 0.431 e. The molecule has 1 aliphatic rings. The lowest BCUT2D eigenvalue weighted by molar-refractivity contribution is -0.253. The quantitative estimate of drug-likeness (QED) is 0.369. The number of alkyl carbamates (subject to hydrolysis) is 1. The summed E-state index contributed by atoms with van der Waals surface area (Å²) in [5.74, 6) is 0. The highest BCUT2D eigenvalue weighted by atomic mass is 16.7. The van der Waals surface area contributed by atoms with Gasteiger partial charge in [-0.15, -0.1) is 0 Å². The molecule has 0 aromatic carbocycles. The molecule has 0 aromatic rings. The predicted molar refractivity (Wildman–Crippen MR) is 69.1 cm³/mol. The molecule has 1 amide bonds. The van der Waals surface area contributed by atoms with Gasteiger partial charge in [0.1, 0.15) is 31.0 Å². The number of rotatable bonds is 5. The highest BCUT2D eigenvalue weighted by Crippen LogP contribution is 2.20. The number of hydrogen-bond acceptors (Lipinski definition) is 9. The van der Waals surface area contributed by atoms with Gasteiger partial charge in [0.2, 0.25) is 0 Å². The molecule has 10 nitrogen and oxygen atoms in total. The molecule has 0 saturated carbocycles. The average Bonchev–Trinajstić information content (AvgIpc) is 2.46. The number of aliphatic hydroxyl groups is 3. The van der Waals surface area contributed by atoms with E-state index in [1.54, 1.807) is 0 Å². The van der Waals surface area contributed by atoms with Crippen LogP contribution in [0.5, 0.6) is 0 Å². The Morgan fingerprint density at radius 2 is 1.77 bits per heavy atom. The van der Waals surface area contributed by atoms with Crippen LogP contribution in [0.25, 0.3) is 0 Å². The second-order valence-electron chi connectivity index (χ2n) is 4.13. The van der Waals surface area contributed by atoms with Crippen molar-refractivity contribution in [1.29, 1.82) is 0 Å². The summed E-state index contributed by atoms with van der Waals surface area (Å²) in [4.78, 5) is 22.2. The molecule has 5 atom stereocenters. The van der Waals surface area contributed by atoms with Crippen LogP contribution >= 0.6 is 0 Å². The normalized spacial score (nSPS) is 30.8. The molecule has 10 heteroatoms. The van der Waals surface area contributed by atoms with Crippen LogP contribution in [0, 0.1) is 0 Å². The first-order chi connectivity index (χ1) is 10.4. The van der Waals surface area contributed by atoms with Crippen molar-refractivity contribution in [1.82, 2.24) is 5.32 Å².